The van der Waals surface area contributed by atoms with E-state index in [0.717, 1.165) is 0 Å². The van der Waals surface area contributed by atoms with E-state index in [1.54, 1.807) is 13.8 Å². The Morgan fingerprint density at radius 2 is 2.44 bits per heavy atom. The van der Waals surface area contributed by atoms with Gasteiger partial charge in [-0.3, -0.25) is 9.59 Å². The van der Waals surface area contributed by atoms with Crippen molar-refractivity contribution in [2.75, 3.05) is 6.61 Å². The second-order valence-corrected chi connectivity index (χ2v) is 3.88. The maximum absolute atomic E-state index is 11.8. The summed E-state index contributed by atoms with van der Waals surface area (Å²) in [6.45, 7) is 3.62. The Kier molecular flexibility index (Phi) is 3.88. The summed E-state index contributed by atoms with van der Waals surface area (Å²) in [6.07, 6.45) is 0.314. The SMILES string of the molecule is CCOC(=O)C1(CCC#N)CC(C)OC1=O. The fourth-order valence-electron chi connectivity index (χ4n) is 1.92. The first-order valence-electron chi connectivity index (χ1n) is 5.32. The Hall–Kier alpha value is -1.57. The number of esters is 2. The molecule has 0 N–H and O–H groups in total. The molecule has 16 heavy (non-hydrogen) atoms. The average molecular weight is 225 g/mol. The minimum atomic E-state index is -1.26. The summed E-state index contributed by atoms with van der Waals surface area (Å²) < 4.78 is 9.89. The van der Waals surface area contributed by atoms with Crippen LogP contribution in [0.3, 0.4) is 0 Å². The van der Waals surface area contributed by atoms with Crippen LogP contribution in [0.5, 0.6) is 0 Å². The maximum Gasteiger partial charge on any atom is 0.323 e. The molecule has 1 fully saturated rings. The van der Waals surface area contributed by atoms with Gasteiger partial charge in [-0.15, -0.1) is 0 Å². The summed E-state index contributed by atoms with van der Waals surface area (Å²) in [5.41, 5.74) is -1.26. The lowest BCUT2D eigenvalue weighted by Crippen LogP contribution is -2.37. The maximum atomic E-state index is 11.8. The standard InChI is InChI=1S/C11H15NO4/c1-3-15-9(13)11(5-4-6-12)7-8(2)16-10(11)14/h8H,3-5,7H2,1-2H3. The highest BCUT2D eigenvalue weighted by Gasteiger charge is 2.54. The van der Waals surface area contributed by atoms with Crippen LogP contribution in [-0.2, 0) is 19.1 Å². The Balaban J connectivity index is 2.89. The highest BCUT2D eigenvalue weighted by Crippen LogP contribution is 2.39. The van der Waals surface area contributed by atoms with Crippen LogP contribution in [0.2, 0.25) is 0 Å². The molecular formula is C11H15NO4. The number of hydrogen-bond donors (Lipinski definition) is 0. The summed E-state index contributed by atoms with van der Waals surface area (Å²) >= 11 is 0. The second-order valence-electron chi connectivity index (χ2n) is 3.88. The minimum absolute atomic E-state index is 0.140. The van der Waals surface area contributed by atoms with Gasteiger partial charge in [0.15, 0.2) is 5.41 Å². The molecule has 1 rings (SSSR count). The molecule has 0 aromatic rings. The molecule has 88 valence electrons. The van der Waals surface area contributed by atoms with Crippen molar-refractivity contribution in [3.8, 4) is 6.07 Å². The lowest BCUT2D eigenvalue weighted by molar-refractivity contribution is -0.165. The Bertz CT molecular complexity index is 333. The Labute approximate surface area is 94.3 Å². The first-order valence-corrected chi connectivity index (χ1v) is 5.32. The van der Waals surface area contributed by atoms with Crippen molar-refractivity contribution >= 4 is 11.9 Å². The van der Waals surface area contributed by atoms with Crippen molar-refractivity contribution in [3.63, 3.8) is 0 Å². The minimum Gasteiger partial charge on any atom is -0.465 e. The topological polar surface area (TPSA) is 76.4 Å². The third-order valence-electron chi connectivity index (χ3n) is 2.66. The molecule has 0 saturated carbocycles. The van der Waals surface area contributed by atoms with Crippen molar-refractivity contribution in [1.29, 1.82) is 5.26 Å². The highest BCUT2D eigenvalue weighted by molar-refractivity contribution is 6.01. The Morgan fingerprint density at radius 3 is 2.88 bits per heavy atom. The van der Waals surface area contributed by atoms with E-state index in [2.05, 4.69) is 0 Å². The van der Waals surface area contributed by atoms with Crippen molar-refractivity contribution in [3.05, 3.63) is 0 Å². The molecule has 0 radical (unpaired) electrons. The molecule has 0 aliphatic carbocycles. The van der Waals surface area contributed by atoms with Gasteiger partial charge >= 0.3 is 11.9 Å². The van der Waals surface area contributed by atoms with Gasteiger partial charge in [0, 0.05) is 12.8 Å². The summed E-state index contributed by atoms with van der Waals surface area (Å²) in [6, 6.07) is 1.94. The van der Waals surface area contributed by atoms with Crippen LogP contribution in [0.1, 0.15) is 33.1 Å². The average Bonchev–Trinajstić information content (AvgIpc) is 2.52. The van der Waals surface area contributed by atoms with E-state index >= 15 is 0 Å². The van der Waals surface area contributed by atoms with Crippen LogP contribution in [0.25, 0.3) is 0 Å². The number of carbonyl (C=O) groups excluding carboxylic acids is 2. The summed E-state index contributed by atoms with van der Waals surface area (Å²) in [7, 11) is 0. The predicted octanol–water partition coefficient (Wildman–Crippen LogP) is 1.18. The molecule has 1 aliphatic rings. The fourth-order valence-corrected chi connectivity index (χ4v) is 1.92. The normalized spacial score (nSPS) is 28.3. The number of nitrogens with zero attached hydrogens (tertiary/aromatic N) is 1. The molecule has 5 nitrogen and oxygen atoms in total. The molecule has 0 spiro atoms. The van der Waals surface area contributed by atoms with Crippen LogP contribution in [0, 0.1) is 16.7 Å². The molecule has 0 aromatic carbocycles. The largest absolute Gasteiger partial charge is 0.465 e. The highest BCUT2D eigenvalue weighted by atomic mass is 16.6. The molecule has 0 amide bonds. The van der Waals surface area contributed by atoms with E-state index in [-0.39, 0.29) is 25.6 Å². The zero-order valence-corrected chi connectivity index (χ0v) is 9.49. The van der Waals surface area contributed by atoms with Gasteiger partial charge in [0.2, 0.25) is 0 Å². The number of hydrogen-bond acceptors (Lipinski definition) is 5. The zero-order chi connectivity index (χ0) is 12.2. The number of rotatable bonds is 4. The van der Waals surface area contributed by atoms with Gasteiger partial charge in [-0.25, -0.2) is 0 Å². The molecule has 0 bridgehead atoms. The van der Waals surface area contributed by atoms with Gasteiger partial charge in [-0.05, 0) is 20.3 Å². The van der Waals surface area contributed by atoms with Crippen molar-refractivity contribution in [2.45, 2.75) is 39.2 Å². The zero-order valence-electron chi connectivity index (χ0n) is 9.49. The van der Waals surface area contributed by atoms with Gasteiger partial charge in [0.05, 0.1) is 12.7 Å². The second kappa shape index (κ2) is 4.97. The summed E-state index contributed by atoms with van der Waals surface area (Å²) in [5.74, 6) is -1.13. The quantitative estimate of drug-likeness (QED) is 0.530. The molecule has 0 aromatic heterocycles. The predicted molar refractivity (Wildman–Crippen MR) is 54.1 cm³/mol. The number of nitriles is 1. The Morgan fingerprint density at radius 1 is 1.75 bits per heavy atom. The number of carbonyl (C=O) groups is 2. The van der Waals surface area contributed by atoms with Crippen molar-refractivity contribution in [1.82, 2.24) is 0 Å². The third kappa shape index (κ3) is 2.16. The van der Waals surface area contributed by atoms with E-state index < -0.39 is 17.4 Å². The summed E-state index contributed by atoms with van der Waals surface area (Å²) in [4.78, 5) is 23.5. The third-order valence-corrected chi connectivity index (χ3v) is 2.66. The van der Waals surface area contributed by atoms with E-state index in [1.165, 1.54) is 0 Å². The van der Waals surface area contributed by atoms with Gasteiger partial charge < -0.3 is 9.47 Å². The van der Waals surface area contributed by atoms with Crippen LogP contribution >= 0.6 is 0 Å². The van der Waals surface area contributed by atoms with Gasteiger partial charge in [-0.2, -0.15) is 5.26 Å². The summed E-state index contributed by atoms with van der Waals surface area (Å²) in [5, 5.41) is 8.55. The van der Waals surface area contributed by atoms with Crippen LogP contribution in [0.15, 0.2) is 0 Å². The molecule has 2 atom stereocenters. The van der Waals surface area contributed by atoms with Crippen LogP contribution in [0.4, 0.5) is 0 Å². The smallest absolute Gasteiger partial charge is 0.323 e. The molecule has 5 heteroatoms. The molecule has 2 unspecified atom stereocenters. The van der Waals surface area contributed by atoms with Crippen LogP contribution in [-0.4, -0.2) is 24.6 Å². The molecule has 1 saturated heterocycles. The van der Waals surface area contributed by atoms with Gasteiger partial charge in [0.25, 0.3) is 0 Å². The number of ether oxygens (including phenoxy) is 2. The lowest BCUT2D eigenvalue weighted by Gasteiger charge is -2.20. The van der Waals surface area contributed by atoms with Crippen molar-refractivity contribution < 1.29 is 19.1 Å². The number of cyclic esters (lactones) is 1. The van der Waals surface area contributed by atoms with Crippen molar-refractivity contribution in [2.24, 2.45) is 5.41 Å². The lowest BCUT2D eigenvalue weighted by atomic mass is 9.80. The molecule has 1 aliphatic heterocycles. The van der Waals surface area contributed by atoms with Gasteiger partial charge in [0.1, 0.15) is 6.10 Å². The van der Waals surface area contributed by atoms with Crippen LogP contribution < -0.4 is 0 Å². The first-order chi connectivity index (χ1) is 7.56. The monoisotopic (exact) mass is 225 g/mol. The first kappa shape index (κ1) is 12.5. The van der Waals surface area contributed by atoms with E-state index in [1.807, 2.05) is 6.07 Å². The molecular weight excluding hydrogens is 210 g/mol. The fraction of sp³-hybridized carbons (Fsp3) is 0.727. The van der Waals surface area contributed by atoms with E-state index in [9.17, 15) is 9.59 Å². The molecule has 1 heterocycles. The van der Waals surface area contributed by atoms with Gasteiger partial charge in [-0.1, -0.05) is 0 Å². The van der Waals surface area contributed by atoms with E-state index in [4.69, 9.17) is 14.7 Å². The van der Waals surface area contributed by atoms with E-state index in [0.29, 0.717) is 6.42 Å².